The first-order valence-electron chi connectivity index (χ1n) is 6.93. The van der Waals surface area contributed by atoms with Crippen LogP contribution in [0.1, 0.15) is 53.4 Å². The number of rotatable bonds is 5. The van der Waals surface area contributed by atoms with Gasteiger partial charge in [-0.25, -0.2) is 4.79 Å². The zero-order valence-electron chi connectivity index (χ0n) is 12.3. The molecule has 1 fully saturated rings. The normalized spacial score (nSPS) is 35.2. The molecule has 3 N–H and O–H groups in total. The summed E-state index contributed by atoms with van der Waals surface area (Å²) in [4.78, 5) is 10.7. The van der Waals surface area contributed by atoms with Crippen molar-refractivity contribution in [3.05, 3.63) is 11.6 Å². The van der Waals surface area contributed by atoms with E-state index in [1.165, 1.54) is 0 Å². The Morgan fingerprint density at radius 2 is 2.11 bits per heavy atom. The molecule has 0 spiro atoms. The van der Waals surface area contributed by atoms with Crippen molar-refractivity contribution in [3.8, 4) is 0 Å². The molecule has 0 heterocycles. The molecule has 0 aromatic carbocycles. The molecule has 4 nitrogen and oxygen atoms in total. The summed E-state index contributed by atoms with van der Waals surface area (Å²) in [5, 5.41) is 29.5. The van der Waals surface area contributed by atoms with Crippen LogP contribution in [0.2, 0.25) is 0 Å². The van der Waals surface area contributed by atoms with E-state index in [0.717, 1.165) is 6.42 Å². The van der Waals surface area contributed by atoms with Gasteiger partial charge in [-0.05, 0) is 58.3 Å². The average molecular weight is 270 g/mol. The Morgan fingerprint density at radius 3 is 2.53 bits per heavy atom. The zero-order valence-corrected chi connectivity index (χ0v) is 12.3. The van der Waals surface area contributed by atoms with Gasteiger partial charge >= 0.3 is 5.97 Å². The Balaban J connectivity index is 2.62. The fraction of sp³-hybridized carbons (Fsp3) is 0.800. The summed E-state index contributed by atoms with van der Waals surface area (Å²) in [6.45, 7) is 7.15. The molecule has 0 aliphatic heterocycles. The highest BCUT2D eigenvalue weighted by molar-refractivity contribution is 5.85. The maximum absolute atomic E-state index is 10.7. The molecule has 4 heteroatoms. The van der Waals surface area contributed by atoms with Crippen molar-refractivity contribution in [1.29, 1.82) is 0 Å². The van der Waals surface area contributed by atoms with Crippen LogP contribution in [-0.4, -0.2) is 32.5 Å². The number of carbonyl (C=O) groups is 1. The van der Waals surface area contributed by atoms with Crippen molar-refractivity contribution in [2.45, 2.75) is 64.6 Å². The van der Waals surface area contributed by atoms with Crippen LogP contribution in [0.3, 0.4) is 0 Å². The molecule has 4 unspecified atom stereocenters. The highest BCUT2D eigenvalue weighted by Crippen LogP contribution is 2.46. The fourth-order valence-corrected chi connectivity index (χ4v) is 3.06. The topological polar surface area (TPSA) is 77.8 Å². The number of aliphatic carboxylic acids is 1. The van der Waals surface area contributed by atoms with Crippen LogP contribution >= 0.6 is 0 Å². The van der Waals surface area contributed by atoms with Gasteiger partial charge in [0, 0.05) is 5.57 Å². The molecule has 1 rings (SSSR count). The smallest absolute Gasteiger partial charge is 0.330 e. The Bertz CT molecular complexity index is 368. The third-order valence-corrected chi connectivity index (χ3v) is 4.78. The second kappa shape index (κ2) is 5.63. The van der Waals surface area contributed by atoms with Crippen LogP contribution in [0.25, 0.3) is 0 Å². The summed E-state index contributed by atoms with van der Waals surface area (Å²) in [5.74, 6) is -0.815. The van der Waals surface area contributed by atoms with Crippen LogP contribution in [0.5, 0.6) is 0 Å². The van der Waals surface area contributed by atoms with Gasteiger partial charge in [0.1, 0.15) is 0 Å². The van der Waals surface area contributed by atoms with Gasteiger partial charge in [0.25, 0.3) is 0 Å². The molecule has 1 saturated carbocycles. The second-order valence-electron chi connectivity index (χ2n) is 6.38. The lowest BCUT2D eigenvalue weighted by molar-refractivity contribution is -0.132. The third-order valence-electron chi connectivity index (χ3n) is 4.78. The molecule has 0 aromatic heterocycles. The van der Waals surface area contributed by atoms with Crippen molar-refractivity contribution >= 4 is 5.97 Å². The van der Waals surface area contributed by atoms with Crippen LogP contribution in [0.4, 0.5) is 0 Å². The van der Waals surface area contributed by atoms with E-state index in [-0.39, 0.29) is 11.8 Å². The monoisotopic (exact) mass is 270 g/mol. The Kier molecular flexibility index (Phi) is 4.80. The maximum atomic E-state index is 10.7. The lowest BCUT2D eigenvalue weighted by Crippen LogP contribution is -2.40. The number of carboxylic acid groups (broad SMARTS) is 1. The Labute approximate surface area is 115 Å². The van der Waals surface area contributed by atoms with E-state index in [9.17, 15) is 15.0 Å². The Morgan fingerprint density at radius 1 is 1.53 bits per heavy atom. The zero-order chi connectivity index (χ0) is 14.8. The highest BCUT2D eigenvalue weighted by Gasteiger charge is 2.47. The van der Waals surface area contributed by atoms with Gasteiger partial charge in [-0.3, -0.25) is 0 Å². The van der Waals surface area contributed by atoms with Gasteiger partial charge in [0.05, 0.1) is 11.2 Å². The fourth-order valence-electron chi connectivity index (χ4n) is 3.06. The summed E-state index contributed by atoms with van der Waals surface area (Å²) in [6, 6.07) is 0. The van der Waals surface area contributed by atoms with Gasteiger partial charge in [-0.15, -0.1) is 0 Å². The maximum Gasteiger partial charge on any atom is 0.330 e. The van der Waals surface area contributed by atoms with Crippen LogP contribution in [-0.2, 0) is 4.79 Å². The molecule has 0 bridgehead atoms. The number of hydrogen-bond acceptors (Lipinski definition) is 3. The van der Waals surface area contributed by atoms with Crippen LogP contribution in [0.15, 0.2) is 11.6 Å². The molecular weight excluding hydrogens is 244 g/mol. The van der Waals surface area contributed by atoms with E-state index >= 15 is 0 Å². The molecular formula is C15H26O4. The molecule has 0 aromatic rings. The predicted octanol–water partition coefficient (Wildman–Crippen LogP) is 2.35. The number of hydrogen-bond donors (Lipinski definition) is 3. The quantitative estimate of drug-likeness (QED) is 0.670. The van der Waals surface area contributed by atoms with Gasteiger partial charge in [-0.1, -0.05) is 13.0 Å². The highest BCUT2D eigenvalue weighted by atomic mass is 16.4. The molecule has 0 amide bonds. The standard InChI is InChI=1S/C15H26O4/c1-10(13(16)17)6-5-8-15(4,19)12-7-9-14(3,18)11(12)2/h6,11-12,18-19H,5,7-9H2,1-4H3,(H,16,17). The summed E-state index contributed by atoms with van der Waals surface area (Å²) >= 11 is 0. The molecule has 4 atom stereocenters. The Hall–Kier alpha value is -0.870. The van der Waals surface area contributed by atoms with Crippen LogP contribution in [0, 0.1) is 11.8 Å². The van der Waals surface area contributed by atoms with E-state index in [1.54, 1.807) is 19.9 Å². The van der Waals surface area contributed by atoms with Crippen LogP contribution < -0.4 is 0 Å². The van der Waals surface area contributed by atoms with E-state index in [4.69, 9.17) is 5.11 Å². The minimum absolute atomic E-state index is 0.0482. The molecule has 1 aliphatic carbocycles. The van der Waals surface area contributed by atoms with Crippen molar-refractivity contribution in [2.24, 2.45) is 11.8 Å². The minimum Gasteiger partial charge on any atom is -0.478 e. The third kappa shape index (κ3) is 3.80. The largest absolute Gasteiger partial charge is 0.478 e. The van der Waals surface area contributed by atoms with Gasteiger partial charge in [0.2, 0.25) is 0 Å². The first-order valence-corrected chi connectivity index (χ1v) is 6.93. The predicted molar refractivity (Wildman–Crippen MR) is 73.8 cm³/mol. The summed E-state index contributed by atoms with van der Waals surface area (Å²) in [6.07, 6.45) is 4.22. The molecule has 1 aliphatic rings. The first-order chi connectivity index (χ1) is 8.58. The SMILES string of the molecule is CC(=CCCC(C)(O)C1CCC(C)(O)C1C)C(=O)O. The van der Waals surface area contributed by atoms with E-state index < -0.39 is 17.2 Å². The molecule has 0 radical (unpaired) electrons. The van der Waals surface area contributed by atoms with Gasteiger partial charge < -0.3 is 15.3 Å². The lowest BCUT2D eigenvalue weighted by atomic mass is 9.76. The van der Waals surface area contributed by atoms with Crippen molar-refractivity contribution in [2.75, 3.05) is 0 Å². The summed E-state index contributed by atoms with van der Waals surface area (Å²) in [7, 11) is 0. The first kappa shape index (κ1) is 16.2. The number of carboxylic acids is 1. The summed E-state index contributed by atoms with van der Waals surface area (Å²) < 4.78 is 0. The van der Waals surface area contributed by atoms with Gasteiger partial charge in [0.15, 0.2) is 0 Å². The van der Waals surface area contributed by atoms with Crippen molar-refractivity contribution in [3.63, 3.8) is 0 Å². The second-order valence-corrected chi connectivity index (χ2v) is 6.38. The van der Waals surface area contributed by atoms with E-state index in [0.29, 0.717) is 24.8 Å². The average Bonchev–Trinajstić information content (AvgIpc) is 2.54. The van der Waals surface area contributed by atoms with Crippen molar-refractivity contribution < 1.29 is 20.1 Å². The number of allylic oxidation sites excluding steroid dienone is 1. The lowest BCUT2D eigenvalue weighted by Gasteiger charge is -2.35. The molecule has 0 saturated heterocycles. The summed E-state index contributed by atoms with van der Waals surface area (Å²) in [5.41, 5.74) is -1.27. The molecule has 19 heavy (non-hydrogen) atoms. The van der Waals surface area contributed by atoms with E-state index in [2.05, 4.69) is 0 Å². The molecule has 110 valence electrons. The minimum atomic E-state index is -0.920. The van der Waals surface area contributed by atoms with E-state index in [1.807, 2.05) is 13.8 Å². The number of aliphatic hydroxyl groups is 2. The van der Waals surface area contributed by atoms with Crippen molar-refractivity contribution in [1.82, 2.24) is 0 Å². The van der Waals surface area contributed by atoms with Gasteiger partial charge in [-0.2, -0.15) is 0 Å².